The SMILES string of the molecule is COCCS(=O)(=O)Nc1c(F)cc(C(C)=O)cc1F. The number of Topliss-reactive ketones (excluding diaryl/α,β-unsaturated/α-hetero) is 1. The molecule has 1 rings (SSSR count). The van der Waals surface area contributed by atoms with E-state index >= 15 is 0 Å². The molecule has 5 nitrogen and oxygen atoms in total. The molecule has 8 heteroatoms. The fourth-order valence-electron chi connectivity index (χ4n) is 1.27. The van der Waals surface area contributed by atoms with Crippen molar-refractivity contribution in [3.63, 3.8) is 0 Å². The van der Waals surface area contributed by atoms with Crippen LogP contribution in [0.1, 0.15) is 17.3 Å². The van der Waals surface area contributed by atoms with E-state index in [0.717, 1.165) is 19.1 Å². The molecule has 0 saturated carbocycles. The van der Waals surface area contributed by atoms with E-state index in [1.165, 1.54) is 7.11 Å². The Hall–Kier alpha value is -1.54. The topological polar surface area (TPSA) is 72.5 Å². The lowest BCUT2D eigenvalue weighted by Crippen LogP contribution is -2.21. The van der Waals surface area contributed by atoms with Gasteiger partial charge in [0.25, 0.3) is 0 Å². The molecule has 19 heavy (non-hydrogen) atoms. The number of carbonyl (C=O) groups is 1. The van der Waals surface area contributed by atoms with Crippen LogP contribution in [0.15, 0.2) is 12.1 Å². The first-order valence-electron chi connectivity index (χ1n) is 5.26. The number of benzene rings is 1. The summed E-state index contributed by atoms with van der Waals surface area (Å²) < 4.78 is 56.5. The normalized spacial score (nSPS) is 11.4. The second kappa shape index (κ2) is 6.07. The van der Waals surface area contributed by atoms with E-state index in [1.54, 1.807) is 4.72 Å². The number of sulfonamides is 1. The van der Waals surface area contributed by atoms with Gasteiger partial charge in [-0.15, -0.1) is 0 Å². The maximum absolute atomic E-state index is 13.6. The van der Waals surface area contributed by atoms with Crippen LogP contribution in [-0.4, -0.2) is 33.7 Å². The largest absolute Gasteiger partial charge is 0.384 e. The molecule has 0 aromatic heterocycles. The first-order chi connectivity index (χ1) is 8.76. The quantitative estimate of drug-likeness (QED) is 0.808. The van der Waals surface area contributed by atoms with Gasteiger partial charge in [0, 0.05) is 12.7 Å². The molecule has 0 aliphatic rings. The highest BCUT2D eigenvalue weighted by atomic mass is 32.2. The van der Waals surface area contributed by atoms with Crippen LogP contribution in [0, 0.1) is 11.6 Å². The Kier molecular flexibility index (Phi) is 4.96. The third-order valence-corrected chi connectivity index (χ3v) is 3.48. The number of hydrogen-bond donors (Lipinski definition) is 1. The molecule has 0 spiro atoms. The zero-order valence-electron chi connectivity index (χ0n) is 10.4. The van der Waals surface area contributed by atoms with Gasteiger partial charge < -0.3 is 4.74 Å². The lowest BCUT2D eigenvalue weighted by Gasteiger charge is -2.10. The summed E-state index contributed by atoms with van der Waals surface area (Å²) in [5, 5.41) is 0. The molecule has 0 bridgehead atoms. The maximum atomic E-state index is 13.6. The number of rotatable bonds is 6. The van der Waals surface area contributed by atoms with E-state index in [0.29, 0.717) is 0 Å². The fourth-order valence-corrected chi connectivity index (χ4v) is 2.27. The fraction of sp³-hybridized carbons (Fsp3) is 0.364. The van der Waals surface area contributed by atoms with Crippen molar-refractivity contribution in [2.24, 2.45) is 0 Å². The molecule has 0 saturated heterocycles. The monoisotopic (exact) mass is 293 g/mol. The standard InChI is InChI=1S/C11H13F2NO4S/c1-7(15)8-5-9(12)11(10(13)6-8)14-19(16,17)4-3-18-2/h5-6,14H,3-4H2,1-2H3. The number of ether oxygens (including phenoxy) is 1. The van der Waals surface area contributed by atoms with Crippen LogP contribution in [0.5, 0.6) is 0 Å². The number of nitrogens with one attached hydrogen (secondary N) is 1. The Morgan fingerprint density at radius 3 is 2.26 bits per heavy atom. The highest BCUT2D eigenvalue weighted by molar-refractivity contribution is 7.92. The Labute approximate surface area is 109 Å². The van der Waals surface area contributed by atoms with Crippen LogP contribution in [0.25, 0.3) is 0 Å². The van der Waals surface area contributed by atoms with Crippen LogP contribution >= 0.6 is 0 Å². The molecule has 1 aromatic rings. The minimum Gasteiger partial charge on any atom is -0.384 e. The molecule has 0 atom stereocenters. The van der Waals surface area contributed by atoms with Crippen LogP contribution in [0.2, 0.25) is 0 Å². The Balaban J connectivity index is 3.06. The summed E-state index contributed by atoms with van der Waals surface area (Å²) in [6.45, 7) is 1.04. The Morgan fingerprint density at radius 1 is 1.32 bits per heavy atom. The minimum absolute atomic E-state index is 0.107. The minimum atomic E-state index is -3.91. The molecule has 0 aliphatic heterocycles. The molecular weight excluding hydrogens is 280 g/mol. The molecule has 0 amide bonds. The van der Waals surface area contributed by atoms with E-state index in [9.17, 15) is 22.0 Å². The predicted octanol–water partition coefficient (Wildman–Crippen LogP) is 1.56. The van der Waals surface area contributed by atoms with Crippen molar-refractivity contribution >= 4 is 21.5 Å². The second-order valence-electron chi connectivity index (χ2n) is 3.78. The third kappa shape index (κ3) is 4.25. The number of hydrogen-bond acceptors (Lipinski definition) is 4. The van der Waals surface area contributed by atoms with Crippen molar-refractivity contribution in [2.75, 3.05) is 24.2 Å². The Morgan fingerprint density at radius 2 is 1.84 bits per heavy atom. The highest BCUT2D eigenvalue weighted by Crippen LogP contribution is 2.22. The van der Waals surface area contributed by atoms with Crippen molar-refractivity contribution in [1.29, 1.82) is 0 Å². The summed E-state index contributed by atoms with van der Waals surface area (Å²) in [7, 11) is -2.61. The maximum Gasteiger partial charge on any atom is 0.235 e. The van der Waals surface area contributed by atoms with Gasteiger partial charge >= 0.3 is 0 Å². The number of ketones is 1. The molecule has 0 aliphatic carbocycles. The van der Waals surface area contributed by atoms with Gasteiger partial charge in [0.15, 0.2) is 17.4 Å². The van der Waals surface area contributed by atoms with Crippen LogP contribution in [0.3, 0.4) is 0 Å². The van der Waals surface area contributed by atoms with E-state index in [2.05, 4.69) is 4.74 Å². The van der Waals surface area contributed by atoms with Crippen molar-refractivity contribution in [3.05, 3.63) is 29.3 Å². The summed E-state index contributed by atoms with van der Waals surface area (Å²) in [6, 6.07) is 1.55. The van der Waals surface area contributed by atoms with Crippen molar-refractivity contribution < 1.29 is 26.7 Å². The zero-order chi connectivity index (χ0) is 14.6. The van der Waals surface area contributed by atoms with Crippen LogP contribution < -0.4 is 4.72 Å². The molecule has 0 unspecified atom stereocenters. The Bertz CT molecular complexity index is 563. The lowest BCUT2D eigenvalue weighted by molar-refractivity contribution is 0.101. The molecule has 106 valence electrons. The lowest BCUT2D eigenvalue weighted by atomic mass is 10.1. The molecular formula is C11H13F2NO4S. The van der Waals surface area contributed by atoms with Gasteiger partial charge in [0.2, 0.25) is 10.0 Å². The number of anilines is 1. The predicted molar refractivity (Wildman–Crippen MR) is 65.6 cm³/mol. The van der Waals surface area contributed by atoms with Crippen LogP contribution in [0.4, 0.5) is 14.5 Å². The molecule has 1 aromatic carbocycles. The number of halogens is 2. The van der Waals surface area contributed by atoms with Crippen LogP contribution in [-0.2, 0) is 14.8 Å². The summed E-state index contributed by atoms with van der Waals surface area (Å²) >= 11 is 0. The van der Waals surface area contributed by atoms with Gasteiger partial charge in [-0.2, -0.15) is 0 Å². The summed E-state index contributed by atoms with van der Waals surface area (Å²) in [5.41, 5.74) is -0.976. The van der Waals surface area contributed by atoms with Crippen molar-refractivity contribution in [3.8, 4) is 0 Å². The van der Waals surface area contributed by atoms with Gasteiger partial charge in [0.1, 0.15) is 5.69 Å². The van der Waals surface area contributed by atoms with Gasteiger partial charge in [0.05, 0.1) is 12.4 Å². The van der Waals surface area contributed by atoms with E-state index in [4.69, 9.17) is 0 Å². The molecule has 0 heterocycles. The van der Waals surface area contributed by atoms with E-state index in [1.807, 2.05) is 0 Å². The van der Waals surface area contributed by atoms with Gasteiger partial charge in [-0.1, -0.05) is 0 Å². The van der Waals surface area contributed by atoms with Crippen molar-refractivity contribution in [2.45, 2.75) is 6.92 Å². The van der Waals surface area contributed by atoms with E-state index < -0.39 is 38.9 Å². The average molecular weight is 293 g/mol. The number of methoxy groups -OCH3 is 1. The summed E-state index contributed by atoms with van der Waals surface area (Å²) in [5.74, 6) is -3.25. The average Bonchev–Trinajstić information content (AvgIpc) is 2.31. The van der Waals surface area contributed by atoms with E-state index in [-0.39, 0.29) is 12.2 Å². The molecule has 0 fully saturated rings. The molecule has 1 N–H and O–H groups in total. The van der Waals surface area contributed by atoms with Gasteiger partial charge in [-0.05, 0) is 19.1 Å². The first-order valence-corrected chi connectivity index (χ1v) is 6.91. The summed E-state index contributed by atoms with van der Waals surface area (Å²) in [6.07, 6.45) is 0. The van der Waals surface area contributed by atoms with Gasteiger partial charge in [-0.3, -0.25) is 9.52 Å². The third-order valence-electron chi connectivity index (χ3n) is 2.26. The molecule has 0 radical (unpaired) electrons. The first kappa shape index (κ1) is 15.5. The highest BCUT2D eigenvalue weighted by Gasteiger charge is 2.18. The smallest absolute Gasteiger partial charge is 0.235 e. The van der Waals surface area contributed by atoms with Crippen molar-refractivity contribution in [1.82, 2.24) is 0 Å². The second-order valence-corrected chi connectivity index (χ2v) is 5.63. The zero-order valence-corrected chi connectivity index (χ0v) is 11.2. The number of carbonyl (C=O) groups excluding carboxylic acids is 1. The van der Waals surface area contributed by atoms with Gasteiger partial charge in [-0.25, -0.2) is 17.2 Å². The summed E-state index contributed by atoms with van der Waals surface area (Å²) in [4.78, 5) is 11.0.